The number of ether oxygens (including phenoxy) is 1. The van der Waals surface area contributed by atoms with E-state index >= 15 is 0 Å². The van der Waals surface area contributed by atoms with Gasteiger partial charge in [0.2, 0.25) is 0 Å². The molecule has 0 radical (unpaired) electrons. The zero-order chi connectivity index (χ0) is 20.1. The van der Waals surface area contributed by atoms with Crippen molar-refractivity contribution in [3.63, 3.8) is 0 Å². The van der Waals surface area contributed by atoms with Gasteiger partial charge in [0, 0.05) is 11.4 Å². The number of esters is 1. The summed E-state index contributed by atoms with van der Waals surface area (Å²) in [7, 11) is 1.33. The van der Waals surface area contributed by atoms with E-state index < -0.39 is 5.97 Å². The van der Waals surface area contributed by atoms with E-state index in [2.05, 4.69) is 20.6 Å². The zero-order valence-corrected chi connectivity index (χ0v) is 15.8. The fourth-order valence-electron chi connectivity index (χ4n) is 2.64. The van der Waals surface area contributed by atoms with Crippen LogP contribution in [0.2, 0.25) is 0 Å². The average molecular weight is 376 g/mol. The van der Waals surface area contributed by atoms with Crippen molar-refractivity contribution >= 4 is 29.1 Å². The lowest BCUT2D eigenvalue weighted by Crippen LogP contribution is -2.15. The van der Waals surface area contributed by atoms with Crippen molar-refractivity contribution in [3.05, 3.63) is 77.2 Å². The maximum atomic E-state index is 12.4. The van der Waals surface area contributed by atoms with Crippen molar-refractivity contribution in [3.8, 4) is 0 Å². The number of amides is 1. The fourth-order valence-corrected chi connectivity index (χ4v) is 2.64. The molecule has 0 aliphatic rings. The number of anilines is 3. The number of carbonyl (C=O) groups excluding carboxylic acids is 2. The molecule has 2 N–H and O–H groups in total. The van der Waals surface area contributed by atoms with E-state index in [1.807, 2.05) is 32.0 Å². The molecule has 0 aliphatic carbocycles. The molecule has 3 aromatic rings. The number of benzene rings is 2. The number of hydrogen-bond acceptors (Lipinski definition) is 6. The Morgan fingerprint density at radius 3 is 2.50 bits per heavy atom. The number of nitrogens with one attached hydrogen (secondary N) is 2. The number of aromatic nitrogens is 2. The number of methoxy groups -OCH3 is 1. The molecule has 0 atom stereocenters. The van der Waals surface area contributed by atoms with E-state index in [0.29, 0.717) is 17.1 Å². The number of aryl methyl sites for hydroxylation is 2. The molecule has 142 valence electrons. The lowest BCUT2D eigenvalue weighted by atomic mass is 10.1. The van der Waals surface area contributed by atoms with Crippen LogP contribution in [0, 0.1) is 13.8 Å². The van der Waals surface area contributed by atoms with Crippen molar-refractivity contribution in [2.75, 3.05) is 17.7 Å². The summed E-state index contributed by atoms with van der Waals surface area (Å²) in [6, 6.07) is 12.6. The van der Waals surface area contributed by atoms with E-state index in [-0.39, 0.29) is 11.6 Å². The second-order valence-electron chi connectivity index (χ2n) is 6.26. The minimum Gasteiger partial charge on any atom is -0.465 e. The molecule has 3 rings (SSSR count). The lowest BCUT2D eigenvalue weighted by molar-refractivity contribution is 0.0600. The summed E-state index contributed by atoms with van der Waals surface area (Å²) in [6.07, 6.45) is 2.85. The van der Waals surface area contributed by atoms with Gasteiger partial charge in [-0.3, -0.25) is 4.79 Å². The molecule has 0 bridgehead atoms. The van der Waals surface area contributed by atoms with Crippen molar-refractivity contribution in [1.82, 2.24) is 9.97 Å². The monoisotopic (exact) mass is 376 g/mol. The normalized spacial score (nSPS) is 10.2. The molecule has 28 heavy (non-hydrogen) atoms. The Balaban J connectivity index is 1.69. The average Bonchev–Trinajstić information content (AvgIpc) is 2.70. The summed E-state index contributed by atoms with van der Waals surface area (Å²) in [4.78, 5) is 32.4. The van der Waals surface area contributed by atoms with Gasteiger partial charge >= 0.3 is 5.97 Å². The van der Waals surface area contributed by atoms with Crippen LogP contribution in [-0.2, 0) is 4.74 Å². The SMILES string of the molecule is COC(=O)c1cccc(Nc2cnc(C(=O)Nc3ccc(C)cc3C)cn2)c1. The van der Waals surface area contributed by atoms with Crippen LogP contribution in [-0.4, -0.2) is 29.0 Å². The largest absolute Gasteiger partial charge is 0.465 e. The highest BCUT2D eigenvalue weighted by Gasteiger charge is 2.11. The third kappa shape index (κ3) is 4.50. The Morgan fingerprint density at radius 2 is 1.82 bits per heavy atom. The standard InChI is InChI=1S/C21H20N4O3/c1-13-7-8-17(14(2)9-13)25-20(26)18-11-23-19(12-22-18)24-16-6-4-5-15(10-16)21(27)28-3/h4-12H,1-3H3,(H,23,24)(H,25,26). The molecule has 2 aromatic carbocycles. The van der Waals surface area contributed by atoms with Crippen molar-refractivity contribution < 1.29 is 14.3 Å². The van der Waals surface area contributed by atoms with Gasteiger partial charge in [0.05, 0.1) is 25.1 Å². The van der Waals surface area contributed by atoms with Crippen LogP contribution >= 0.6 is 0 Å². The van der Waals surface area contributed by atoms with Crippen LogP contribution in [0.1, 0.15) is 32.0 Å². The van der Waals surface area contributed by atoms with E-state index in [4.69, 9.17) is 4.74 Å². The van der Waals surface area contributed by atoms with Crippen molar-refractivity contribution in [2.24, 2.45) is 0 Å². The molecule has 1 aromatic heterocycles. The molecule has 0 unspecified atom stereocenters. The lowest BCUT2D eigenvalue weighted by Gasteiger charge is -2.09. The Labute approximate surface area is 162 Å². The highest BCUT2D eigenvalue weighted by Crippen LogP contribution is 2.18. The van der Waals surface area contributed by atoms with Crippen LogP contribution in [0.4, 0.5) is 17.2 Å². The number of nitrogens with zero attached hydrogens (tertiary/aromatic N) is 2. The van der Waals surface area contributed by atoms with Gasteiger partial charge in [0.25, 0.3) is 5.91 Å². The highest BCUT2D eigenvalue weighted by molar-refractivity contribution is 6.03. The van der Waals surface area contributed by atoms with Crippen LogP contribution in [0.15, 0.2) is 54.9 Å². The highest BCUT2D eigenvalue weighted by atomic mass is 16.5. The second kappa shape index (κ2) is 8.30. The van der Waals surface area contributed by atoms with E-state index in [0.717, 1.165) is 16.8 Å². The van der Waals surface area contributed by atoms with Gasteiger partial charge in [-0.1, -0.05) is 23.8 Å². The maximum absolute atomic E-state index is 12.4. The third-order valence-corrected chi connectivity index (χ3v) is 4.07. The summed E-state index contributed by atoms with van der Waals surface area (Å²) in [5, 5.41) is 5.88. The second-order valence-corrected chi connectivity index (χ2v) is 6.26. The number of rotatable bonds is 5. The molecule has 0 aliphatic heterocycles. The summed E-state index contributed by atoms with van der Waals surface area (Å²) < 4.78 is 4.71. The Hall–Kier alpha value is -3.74. The first kappa shape index (κ1) is 19.0. The Morgan fingerprint density at radius 1 is 1.00 bits per heavy atom. The van der Waals surface area contributed by atoms with Crippen LogP contribution < -0.4 is 10.6 Å². The molecule has 7 heteroatoms. The van der Waals surface area contributed by atoms with Crippen molar-refractivity contribution in [2.45, 2.75) is 13.8 Å². The van der Waals surface area contributed by atoms with Gasteiger partial charge in [-0.2, -0.15) is 0 Å². The maximum Gasteiger partial charge on any atom is 0.337 e. The van der Waals surface area contributed by atoms with E-state index in [1.54, 1.807) is 24.3 Å². The quantitative estimate of drug-likeness (QED) is 0.657. The number of carbonyl (C=O) groups is 2. The number of hydrogen-bond donors (Lipinski definition) is 2. The van der Waals surface area contributed by atoms with Gasteiger partial charge < -0.3 is 15.4 Å². The van der Waals surface area contributed by atoms with Gasteiger partial charge in [0.1, 0.15) is 11.5 Å². The fraction of sp³-hybridized carbons (Fsp3) is 0.143. The van der Waals surface area contributed by atoms with Gasteiger partial charge in [-0.25, -0.2) is 14.8 Å². The molecule has 7 nitrogen and oxygen atoms in total. The van der Waals surface area contributed by atoms with Gasteiger partial charge in [-0.15, -0.1) is 0 Å². The van der Waals surface area contributed by atoms with E-state index in [9.17, 15) is 9.59 Å². The molecule has 0 fully saturated rings. The summed E-state index contributed by atoms with van der Waals surface area (Å²) in [5.41, 5.74) is 4.12. The minimum atomic E-state index is -0.423. The molecule has 1 amide bonds. The smallest absolute Gasteiger partial charge is 0.337 e. The topological polar surface area (TPSA) is 93.2 Å². The first-order chi connectivity index (χ1) is 13.5. The summed E-state index contributed by atoms with van der Waals surface area (Å²) in [6.45, 7) is 3.93. The first-order valence-corrected chi connectivity index (χ1v) is 8.62. The molecule has 0 spiro atoms. The Bertz CT molecular complexity index is 1020. The first-order valence-electron chi connectivity index (χ1n) is 8.62. The Kier molecular flexibility index (Phi) is 5.64. The predicted octanol–water partition coefficient (Wildman–Crippen LogP) is 3.88. The minimum absolute atomic E-state index is 0.203. The third-order valence-electron chi connectivity index (χ3n) is 4.07. The summed E-state index contributed by atoms with van der Waals surface area (Å²) >= 11 is 0. The van der Waals surface area contributed by atoms with Crippen LogP contribution in [0.25, 0.3) is 0 Å². The molecular weight excluding hydrogens is 356 g/mol. The van der Waals surface area contributed by atoms with Crippen LogP contribution in [0.3, 0.4) is 0 Å². The molecule has 0 saturated carbocycles. The predicted molar refractivity (Wildman–Crippen MR) is 107 cm³/mol. The molecular formula is C21H20N4O3. The van der Waals surface area contributed by atoms with Crippen molar-refractivity contribution in [1.29, 1.82) is 0 Å². The van der Waals surface area contributed by atoms with E-state index in [1.165, 1.54) is 19.5 Å². The molecule has 1 heterocycles. The van der Waals surface area contributed by atoms with Gasteiger partial charge in [0.15, 0.2) is 0 Å². The molecule has 0 saturated heterocycles. The zero-order valence-electron chi connectivity index (χ0n) is 15.8. The summed E-state index contributed by atoms with van der Waals surface area (Å²) in [5.74, 6) is -0.308. The van der Waals surface area contributed by atoms with Crippen LogP contribution in [0.5, 0.6) is 0 Å². The van der Waals surface area contributed by atoms with Gasteiger partial charge in [-0.05, 0) is 43.7 Å².